The molecule has 0 radical (unpaired) electrons. The fourth-order valence-corrected chi connectivity index (χ4v) is 2.12. The molecule has 1 rings (SSSR count). The highest BCUT2D eigenvalue weighted by Crippen LogP contribution is 2.23. The number of aliphatic hydroxyl groups is 1. The quantitative estimate of drug-likeness (QED) is 0.862. The van der Waals surface area contributed by atoms with Gasteiger partial charge in [0.15, 0.2) is 0 Å². The molecule has 0 spiro atoms. The smallest absolute Gasteiger partial charge is 0.143 e. The van der Waals surface area contributed by atoms with Crippen LogP contribution in [0, 0.1) is 11.6 Å². The van der Waals surface area contributed by atoms with E-state index >= 15 is 0 Å². The number of halogens is 3. The molecule has 0 aliphatic heterocycles. The van der Waals surface area contributed by atoms with Crippen molar-refractivity contribution in [1.29, 1.82) is 0 Å². The average Bonchev–Trinajstić information content (AvgIpc) is 2.19. The van der Waals surface area contributed by atoms with Crippen LogP contribution in [0.3, 0.4) is 0 Å². The van der Waals surface area contributed by atoms with Crippen molar-refractivity contribution >= 4 is 27.7 Å². The molecule has 0 aromatic heterocycles. The number of thioether (sulfide) groups is 1. The van der Waals surface area contributed by atoms with Crippen molar-refractivity contribution in [2.24, 2.45) is 0 Å². The van der Waals surface area contributed by atoms with E-state index in [-0.39, 0.29) is 16.5 Å². The molecule has 5 heteroatoms. The Morgan fingerprint density at radius 2 is 2.13 bits per heavy atom. The minimum Gasteiger partial charge on any atom is -0.392 e. The zero-order chi connectivity index (χ0) is 11.4. The largest absolute Gasteiger partial charge is 0.392 e. The molecule has 0 aliphatic rings. The van der Waals surface area contributed by atoms with Crippen LogP contribution in [0.5, 0.6) is 0 Å². The maximum atomic E-state index is 13.5. The van der Waals surface area contributed by atoms with Gasteiger partial charge in [-0.25, -0.2) is 8.78 Å². The maximum absolute atomic E-state index is 13.5. The number of hydrogen-bond acceptors (Lipinski definition) is 2. The third-order valence-corrected chi connectivity index (χ3v) is 3.27. The van der Waals surface area contributed by atoms with E-state index in [1.54, 1.807) is 0 Å². The van der Waals surface area contributed by atoms with Crippen LogP contribution in [0.1, 0.15) is 5.56 Å². The van der Waals surface area contributed by atoms with Crippen molar-refractivity contribution in [2.45, 2.75) is 12.5 Å². The first-order valence-corrected chi connectivity index (χ1v) is 6.54. The summed E-state index contributed by atoms with van der Waals surface area (Å²) < 4.78 is 26.9. The Morgan fingerprint density at radius 1 is 1.47 bits per heavy atom. The zero-order valence-corrected chi connectivity index (χ0v) is 10.5. The third-order valence-electron chi connectivity index (χ3n) is 1.94. The number of rotatable bonds is 4. The van der Waals surface area contributed by atoms with Gasteiger partial charge in [0.25, 0.3) is 0 Å². The van der Waals surface area contributed by atoms with Crippen LogP contribution in [0.15, 0.2) is 16.6 Å². The molecule has 1 aromatic rings. The first-order chi connectivity index (χ1) is 7.06. The van der Waals surface area contributed by atoms with Crippen LogP contribution in [-0.4, -0.2) is 23.2 Å². The van der Waals surface area contributed by atoms with E-state index in [9.17, 15) is 13.9 Å². The first-order valence-electron chi connectivity index (χ1n) is 4.35. The Kier molecular flexibility index (Phi) is 5.02. The summed E-state index contributed by atoms with van der Waals surface area (Å²) in [6.45, 7) is 0. The van der Waals surface area contributed by atoms with Crippen LogP contribution in [-0.2, 0) is 6.42 Å². The second-order valence-electron chi connectivity index (χ2n) is 3.14. The molecular weight excluding hydrogens is 286 g/mol. The summed E-state index contributed by atoms with van der Waals surface area (Å²) in [6, 6.07) is 2.50. The molecule has 0 saturated carbocycles. The molecule has 15 heavy (non-hydrogen) atoms. The highest BCUT2D eigenvalue weighted by molar-refractivity contribution is 9.10. The van der Waals surface area contributed by atoms with Gasteiger partial charge in [-0.1, -0.05) is 0 Å². The minimum absolute atomic E-state index is 0.00204. The van der Waals surface area contributed by atoms with E-state index < -0.39 is 17.7 Å². The van der Waals surface area contributed by atoms with E-state index in [1.165, 1.54) is 23.9 Å². The number of benzene rings is 1. The van der Waals surface area contributed by atoms with Gasteiger partial charge in [0.2, 0.25) is 0 Å². The van der Waals surface area contributed by atoms with Gasteiger partial charge in [-0.15, -0.1) is 0 Å². The summed E-state index contributed by atoms with van der Waals surface area (Å²) in [5, 5.41) is 9.47. The van der Waals surface area contributed by atoms with Gasteiger partial charge in [-0.3, -0.25) is 0 Å². The molecule has 0 fully saturated rings. The Labute approximate surface area is 100 Å². The molecule has 0 bridgehead atoms. The predicted octanol–water partition coefficient (Wildman–Crippen LogP) is 2.99. The highest BCUT2D eigenvalue weighted by Gasteiger charge is 2.15. The van der Waals surface area contributed by atoms with Crippen molar-refractivity contribution in [2.75, 3.05) is 12.0 Å². The Morgan fingerprint density at radius 3 is 2.73 bits per heavy atom. The summed E-state index contributed by atoms with van der Waals surface area (Å²) in [6.07, 6.45) is 1.10. The van der Waals surface area contributed by atoms with Crippen molar-refractivity contribution in [3.05, 3.63) is 33.8 Å². The molecule has 0 amide bonds. The Hall–Kier alpha value is -0.130. The standard InChI is InChI=1S/C10H11BrF2OS/c1-15-5-6(14)4-7-9(12)3-2-8(11)10(7)13/h2-3,6,14H,4-5H2,1H3. The second-order valence-corrected chi connectivity index (χ2v) is 4.90. The molecule has 0 aliphatic carbocycles. The molecule has 1 atom stereocenters. The van der Waals surface area contributed by atoms with Crippen LogP contribution in [0.2, 0.25) is 0 Å². The molecule has 84 valence electrons. The Balaban J connectivity index is 2.88. The molecule has 0 heterocycles. The van der Waals surface area contributed by atoms with E-state index in [1.807, 2.05) is 6.26 Å². The average molecular weight is 297 g/mol. The second kappa shape index (κ2) is 5.82. The van der Waals surface area contributed by atoms with E-state index in [2.05, 4.69) is 15.9 Å². The topological polar surface area (TPSA) is 20.2 Å². The molecular formula is C10H11BrF2OS. The SMILES string of the molecule is CSCC(O)Cc1c(F)ccc(Br)c1F. The van der Waals surface area contributed by atoms with E-state index in [0.717, 1.165) is 0 Å². The summed E-state index contributed by atoms with van der Waals surface area (Å²) in [7, 11) is 0. The predicted molar refractivity (Wildman–Crippen MR) is 62.2 cm³/mol. The van der Waals surface area contributed by atoms with Gasteiger partial charge in [-0.05, 0) is 34.3 Å². The molecule has 1 unspecified atom stereocenters. The summed E-state index contributed by atoms with van der Waals surface area (Å²) >= 11 is 4.42. The fourth-order valence-electron chi connectivity index (χ4n) is 1.24. The van der Waals surface area contributed by atoms with Gasteiger partial charge in [-0.2, -0.15) is 11.8 Å². The summed E-state index contributed by atoms with van der Waals surface area (Å²) in [4.78, 5) is 0. The van der Waals surface area contributed by atoms with Crippen molar-refractivity contribution in [1.82, 2.24) is 0 Å². The van der Waals surface area contributed by atoms with Gasteiger partial charge in [0.1, 0.15) is 11.6 Å². The van der Waals surface area contributed by atoms with Gasteiger partial charge in [0, 0.05) is 17.7 Å². The van der Waals surface area contributed by atoms with Crippen LogP contribution < -0.4 is 0 Å². The third kappa shape index (κ3) is 3.43. The highest BCUT2D eigenvalue weighted by atomic mass is 79.9. The van der Waals surface area contributed by atoms with Crippen molar-refractivity contribution < 1.29 is 13.9 Å². The summed E-state index contributed by atoms with van der Waals surface area (Å²) in [5.41, 5.74) is -0.0640. The van der Waals surface area contributed by atoms with Crippen LogP contribution in [0.4, 0.5) is 8.78 Å². The molecule has 1 aromatic carbocycles. The lowest BCUT2D eigenvalue weighted by molar-refractivity contribution is 0.197. The first kappa shape index (κ1) is 12.9. The number of hydrogen-bond donors (Lipinski definition) is 1. The lowest BCUT2D eigenvalue weighted by atomic mass is 10.1. The lowest BCUT2D eigenvalue weighted by Crippen LogP contribution is -2.15. The molecule has 1 nitrogen and oxygen atoms in total. The summed E-state index contributed by atoms with van der Waals surface area (Å²) in [5.74, 6) is -0.781. The van der Waals surface area contributed by atoms with Gasteiger partial charge in [0.05, 0.1) is 10.6 Å². The van der Waals surface area contributed by atoms with Crippen molar-refractivity contribution in [3.63, 3.8) is 0 Å². The van der Waals surface area contributed by atoms with E-state index in [0.29, 0.717) is 5.75 Å². The Bertz CT molecular complexity index is 346. The molecule has 0 saturated heterocycles. The lowest BCUT2D eigenvalue weighted by Gasteiger charge is -2.11. The minimum atomic E-state index is -0.724. The number of aliphatic hydroxyl groups excluding tert-OH is 1. The van der Waals surface area contributed by atoms with Crippen LogP contribution in [0.25, 0.3) is 0 Å². The van der Waals surface area contributed by atoms with Crippen molar-refractivity contribution in [3.8, 4) is 0 Å². The zero-order valence-electron chi connectivity index (χ0n) is 8.14. The fraction of sp³-hybridized carbons (Fsp3) is 0.400. The van der Waals surface area contributed by atoms with Gasteiger partial charge >= 0.3 is 0 Å². The van der Waals surface area contributed by atoms with Gasteiger partial charge < -0.3 is 5.11 Å². The monoisotopic (exact) mass is 296 g/mol. The van der Waals surface area contributed by atoms with E-state index in [4.69, 9.17) is 0 Å². The molecule has 1 N–H and O–H groups in total. The van der Waals surface area contributed by atoms with Crippen LogP contribution >= 0.6 is 27.7 Å². The normalized spacial score (nSPS) is 12.9. The maximum Gasteiger partial charge on any atom is 0.143 e.